The lowest BCUT2D eigenvalue weighted by molar-refractivity contribution is 0.416. The minimum absolute atomic E-state index is 0.534. The fourth-order valence-electron chi connectivity index (χ4n) is 2.55. The molecule has 0 spiro atoms. The van der Waals surface area contributed by atoms with Crippen LogP contribution >= 0.6 is 23.2 Å². The van der Waals surface area contributed by atoms with Gasteiger partial charge in [-0.1, -0.05) is 29.3 Å². The zero-order valence-electron chi connectivity index (χ0n) is 11.1. The van der Waals surface area contributed by atoms with Gasteiger partial charge in [0.1, 0.15) is 10.9 Å². The predicted octanol–water partition coefficient (Wildman–Crippen LogP) is 4.34. The maximum absolute atomic E-state index is 6.31. The second-order valence-corrected chi connectivity index (χ2v) is 5.55. The van der Waals surface area contributed by atoms with Crippen molar-refractivity contribution in [2.24, 2.45) is 0 Å². The molecule has 0 aliphatic heterocycles. The van der Waals surface area contributed by atoms with E-state index in [1.54, 1.807) is 13.2 Å². The number of halogens is 2. The Hall–Kier alpha value is -1.32. The van der Waals surface area contributed by atoms with Gasteiger partial charge in [0, 0.05) is 11.3 Å². The van der Waals surface area contributed by atoms with Gasteiger partial charge in [-0.3, -0.25) is 0 Å². The van der Waals surface area contributed by atoms with Crippen molar-refractivity contribution >= 4 is 23.2 Å². The molecule has 3 nitrogen and oxygen atoms in total. The Morgan fingerprint density at radius 2 is 1.90 bits per heavy atom. The molecule has 2 aromatic rings. The van der Waals surface area contributed by atoms with E-state index in [1.807, 2.05) is 12.1 Å². The van der Waals surface area contributed by atoms with Gasteiger partial charge in [-0.25, -0.2) is 9.97 Å². The van der Waals surface area contributed by atoms with E-state index >= 15 is 0 Å². The lowest BCUT2D eigenvalue weighted by Crippen LogP contribution is -2.09. The average molecular weight is 309 g/mol. The number of hydrogen-bond donors (Lipinski definition) is 0. The first kappa shape index (κ1) is 13.7. The highest BCUT2D eigenvalue weighted by atomic mass is 35.5. The largest absolute Gasteiger partial charge is 0.496 e. The Balaban J connectivity index is 2.18. The van der Waals surface area contributed by atoms with Crippen LogP contribution in [-0.4, -0.2) is 17.1 Å². The monoisotopic (exact) mass is 308 g/mol. The van der Waals surface area contributed by atoms with Crippen molar-refractivity contribution in [3.63, 3.8) is 0 Å². The van der Waals surface area contributed by atoms with E-state index in [9.17, 15) is 0 Å². The first-order valence-electron chi connectivity index (χ1n) is 6.59. The SMILES string of the molecule is COc1cccc(Cl)c1-c1nc(Cl)c2c(n1)CCCC2. The minimum Gasteiger partial charge on any atom is -0.496 e. The molecule has 1 aromatic heterocycles. The number of aryl methyl sites for hydroxylation is 1. The highest BCUT2D eigenvalue weighted by Crippen LogP contribution is 2.36. The van der Waals surface area contributed by atoms with Crippen molar-refractivity contribution < 1.29 is 4.74 Å². The number of rotatable bonds is 2. The molecule has 1 aromatic carbocycles. The van der Waals surface area contributed by atoms with E-state index in [2.05, 4.69) is 9.97 Å². The molecular weight excluding hydrogens is 295 g/mol. The van der Waals surface area contributed by atoms with Crippen LogP contribution in [0.3, 0.4) is 0 Å². The number of ether oxygens (including phenoxy) is 1. The normalized spacial score (nSPS) is 13.9. The van der Waals surface area contributed by atoms with Crippen molar-refractivity contribution in [1.82, 2.24) is 9.97 Å². The molecule has 20 heavy (non-hydrogen) atoms. The molecule has 0 N–H and O–H groups in total. The molecule has 0 unspecified atom stereocenters. The summed E-state index contributed by atoms with van der Waals surface area (Å²) in [5, 5.41) is 1.10. The van der Waals surface area contributed by atoms with Gasteiger partial charge in [-0.15, -0.1) is 0 Å². The molecule has 0 saturated carbocycles. The summed E-state index contributed by atoms with van der Waals surface area (Å²) in [7, 11) is 1.61. The minimum atomic E-state index is 0.534. The Morgan fingerprint density at radius 3 is 2.70 bits per heavy atom. The van der Waals surface area contributed by atoms with Gasteiger partial charge in [-0.2, -0.15) is 0 Å². The third-order valence-corrected chi connectivity index (χ3v) is 4.18. The molecule has 0 amide bonds. The molecule has 0 radical (unpaired) electrons. The maximum Gasteiger partial charge on any atom is 0.166 e. The molecule has 1 aliphatic rings. The molecule has 104 valence electrons. The number of benzene rings is 1. The molecule has 0 saturated heterocycles. The fourth-order valence-corrected chi connectivity index (χ4v) is 3.09. The van der Waals surface area contributed by atoms with Gasteiger partial charge in [-0.05, 0) is 37.8 Å². The van der Waals surface area contributed by atoms with E-state index in [-0.39, 0.29) is 0 Å². The second-order valence-electron chi connectivity index (χ2n) is 4.79. The summed E-state index contributed by atoms with van der Waals surface area (Å²) in [4.78, 5) is 9.07. The third-order valence-electron chi connectivity index (χ3n) is 3.55. The van der Waals surface area contributed by atoms with E-state index in [0.717, 1.165) is 36.9 Å². The van der Waals surface area contributed by atoms with Gasteiger partial charge < -0.3 is 4.74 Å². The van der Waals surface area contributed by atoms with Crippen molar-refractivity contribution in [3.05, 3.63) is 39.6 Å². The average Bonchev–Trinajstić information content (AvgIpc) is 2.46. The van der Waals surface area contributed by atoms with Crippen LogP contribution in [0.15, 0.2) is 18.2 Å². The van der Waals surface area contributed by atoms with Gasteiger partial charge >= 0.3 is 0 Å². The Labute approximate surface area is 127 Å². The molecular formula is C15H14Cl2N2O. The summed E-state index contributed by atoms with van der Waals surface area (Å²) in [5.74, 6) is 1.20. The summed E-state index contributed by atoms with van der Waals surface area (Å²) >= 11 is 12.6. The number of methoxy groups -OCH3 is 1. The van der Waals surface area contributed by atoms with Crippen LogP contribution in [0.5, 0.6) is 5.75 Å². The number of aromatic nitrogens is 2. The molecule has 0 bridgehead atoms. The highest BCUT2D eigenvalue weighted by molar-refractivity contribution is 6.33. The summed E-state index contributed by atoms with van der Waals surface area (Å²) in [6.45, 7) is 0. The van der Waals surface area contributed by atoms with Gasteiger partial charge in [0.05, 0.1) is 17.7 Å². The van der Waals surface area contributed by atoms with E-state index < -0.39 is 0 Å². The fraction of sp³-hybridized carbons (Fsp3) is 0.333. The van der Waals surface area contributed by atoms with E-state index in [0.29, 0.717) is 27.3 Å². The quantitative estimate of drug-likeness (QED) is 0.774. The second kappa shape index (κ2) is 5.58. The molecule has 0 fully saturated rings. The number of hydrogen-bond acceptors (Lipinski definition) is 3. The van der Waals surface area contributed by atoms with Crippen molar-refractivity contribution in [2.75, 3.05) is 7.11 Å². The van der Waals surface area contributed by atoms with Crippen molar-refractivity contribution in [1.29, 1.82) is 0 Å². The van der Waals surface area contributed by atoms with Gasteiger partial charge in [0.2, 0.25) is 0 Å². The first-order valence-corrected chi connectivity index (χ1v) is 7.34. The maximum atomic E-state index is 6.31. The Bertz CT molecular complexity index is 659. The van der Waals surface area contributed by atoms with Crippen LogP contribution in [0, 0.1) is 0 Å². The summed E-state index contributed by atoms with van der Waals surface area (Å²) < 4.78 is 5.36. The Morgan fingerprint density at radius 1 is 1.10 bits per heavy atom. The van der Waals surface area contributed by atoms with Crippen LogP contribution in [0.1, 0.15) is 24.1 Å². The Kier molecular flexibility index (Phi) is 3.81. The predicted molar refractivity (Wildman–Crippen MR) is 80.7 cm³/mol. The molecule has 1 aliphatic carbocycles. The lowest BCUT2D eigenvalue weighted by atomic mass is 9.97. The van der Waals surface area contributed by atoms with Crippen molar-refractivity contribution in [3.8, 4) is 17.1 Å². The van der Waals surface area contributed by atoms with Gasteiger partial charge in [0.15, 0.2) is 5.82 Å². The number of nitrogens with zero attached hydrogens (tertiary/aromatic N) is 2. The lowest BCUT2D eigenvalue weighted by Gasteiger charge is -2.17. The zero-order chi connectivity index (χ0) is 14.1. The molecule has 0 atom stereocenters. The summed E-state index contributed by atoms with van der Waals surface area (Å²) in [5.41, 5.74) is 2.81. The van der Waals surface area contributed by atoms with E-state index in [4.69, 9.17) is 27.9 Å². The van der Waals surface area contributed by atoms with Crippen LogP contribution < -0.4 is 4.74 Å². The standard InChI is InChI=1S/C15H14Cl2N2O/c1-20-12-8-4-6-10(16)13(12)15-18-11-7-3-2-5-9(11)14(17)19-15/h4,6,8H,2-3,5,7H2,1H3. The first-order chi connectivity index (χ1) is 9.70. The molecule has 5 heteroatoms. The highest BCUT2D eigenvalue weighted by Gasteiger charge is 2.20. The van der Waals surface area contributed by atoms with Crippen LogP contribution in [0.4, 0.5) is 0 Å². The zero-order valence-corrected chi connectivity index (χ0v) is 12.6. The van der Waals surface area contributed by atoms with Gasteiger partial charge in [0.25, 0.3) is 0 Å². The molecule has 3 rings (SSSR count). The van der Waals surface area contributed by atoms with Crippen LogP contribution in [-0.2, 0) is 12.8 Å². The van der Waals surface area contributed by atoms with Crippen molar-refractivity contribution in [2.45, 2.75) is 25.7 Å². The third kappa shape index (κ3) is 2.36. The molecule has 1 heterocycles. The summed E-state index contributed by atoms with van der Waals surface area (Å²) in [6.07, 6.45) is 4.18. The van der Waals surface area contributed by atoms with E-state index in [1.165, 1.54) is 0 Å². The smallest absolute Gasteiger partial charge is 0.166 e. The van der Waals surface area contributed by atoms with Crippen LogP contribution in [0.25, 0.3) is 11.4 Å². The topological polar surface area (TPSA) is 35.0 Å². The summed E-state index contributed by atoms with van der Waals surface area (Å²) in [6, 6.07) is 5.48. The van der Waals surface area contributed by atoms with Crippen LogP contribution in [0.2, 0.25) is 10.2 Å². The number of fused-ring (bicyclic) bond motifs is 1.